The molecule has 44 heavy (non-hydrogen) atoms. The van der Waals surface area contributed by atoms with Gasteiger partial charge >= 0.3 is 0 Å². The number of rotatable bonds is 10. The summed E-state index contributed by atoms with van der Waals surface area (Å²) in [5.74, 6) is 0. The zero-order valence-electron chi connectivity index (χ0n) is 24.6. The highest BCUT2D eigenvalue weighted by molar-refractivity contribution is 7.93. The molecule has 0 bridgehead atoms. The predicted octanol–water partition coefficient (Wildman–Crippen LogP) is 2.70. The number of allylic oxidation sites excluding steroid dienone is 2. The SMILES string of the molecule is CC[C@H]1OC(O)[C@H](NS(=O)(=O)/C(C#N)=C(\C)c2ccc(-c3ccc4cc(NCCN5CCOCC5)ccc4c3)s2)[C@@H](O)[C@@H]1O. The summed E-state index contributed by atoms with van der Waals surface area (Å²) in [6.07, 6.45) is -5.27. The third kappa shape index (κ3) is 7.15. The number of nitriles is 1. The van der Waals surface area contributed by atoms with Crippen molar-refractivity contribution in [3.8, 4) is 16.5 Å². The quantitative estimate of drug-likeness (QED) is 0.208. The second kappa shape index (κ2) is 14.0. The van der Waals surface area contributed by atoms with Gasteiger partial charge in [0.25, 0.3) is 10.0 Å². The van der Waals surface area contributed by atoms with Crippen molar-refractivity contribution in [1.29, 1.82) is 5.26 Å². The van der Waals surface area contributed by atoms with Crippen LogP contribution in [0, 0.1) is 11.3 Å². The van der Waals surface area contributed by atoms with E-state index in [2.05, 4.69) is 45.3 Å². The van der Waals surface area contributed by atoms with Crippen molar-refractivity contribution in [3.05, 3.63) is 58.3 Å². The lowest BCUT2D eigenvalue weighted by molar-refractivity contribution is -0.244. The van der Waals surface area contributed by atoms with E-state index < -0.39 is 45.6 Å². The lowest BCUT2D eigenvalue weighted by Gasteiger charge is -2.40. The number of nitrogens with one attached hydrogen (secondary N) is 2. The maximum Gasteiger partial charge on any atom is 0.251 e. The van der Waals surface area contributed by atoms with Gasteiger partial charge in [-0.3, -0.25) is 4.90 Å². The largest absolute Gasteiger partial charge is 0.388 e. The number of anilines is 1. The smallest absolute Gasteiger partial charge is 0.251 e. The van der Waals surface area contributed by atoms with Gasteiger partial charge < -0.3 is 30.1 Å². The highest BCUT2D eigenvalue weighted by Gasteiger charge is 2.45. The van der Waals surface area contributed by atoms with Crippen molar-refractivity contribution in [2.75, 3.05) is 44.7 Å². The van der Waals surface area contributed by atoms with E-state index in [1.807, 2.05) is 12.1 Å². The Morgan fingerprint density at radius 1 is 1.07 bits per heavy atom. The molecular formula is C31H38N4O7S2. The molecule has 0 amide bonds. The molecule has 0 radical (unpaired) electrons. The first kappa shape index (κ1) is 32.5. The number of hydrogen-bond donors (Lipinski definition) is 5. The van der Waals surface area contributed by atoms with Crippen molar-refractivity contribution in [1.82, 2.24) is 9.62 Å². The van der Waals surface area contributed by atoms with Crippen molar-refractivity contribution >= 4 is 43.4 Å². The van der Waals surface area contributed by atoms with Gasteiger partial charge in [-0.25, -0.2) is 8.42 Å². The average molecular weight is 643 g/mol. The normalized spacial score (nSPS) is 25.4. The molecule has 0 saturated carbocycles. The highest BCUT2D eigenvalue weighted by atomic mass is 32.2. The fraction of sp³-hybridized carbons (Fsp3) is 0.452. The van der Waals surface area contributed by atoms with Crippen LogP contribution in [0.4, 0.5) is 5.69 Å². The number of aliphatic hydroxyl groups excluding tert-OH is 3. The number of ether oxygens (including phenoxy) is 2. The lowest BCUT2D eigenvalue weighted by Crippen LogP contribution is -2.63. The maximum atomic E-state index is 13.2. The molecule has 2 aromatic carbocycles. The van der Waals surface area contributed by atoms with Gasteiger partial charge in [0.05, 0.1) is 19.3 Å². The first-order valence-corrected chi connectivity index (χ1v) is 16.9. The number of thiophene rings is 1. The Labute approximate surface area is 261 Å². The summed E-state index contributed by atoms with van der Waals surface area (Å²) in [4.78, 5) is 3.31. The van der Waals surface area contributed by atoms with E-state index in [1.165, 1.54) is 18.3 Å². The van der Waals surface area contributed by atoms with Gasteiger partial charge in [-0.05, 0) is 65.6 Å². The first-order chi connectivity index (χ1) is 21.1. The molecule has 5 N–H and O–H groups in total. The van der Waals surface area contributed by atoms with Crippen LogP contribution in [0.25, 0.3) is 26.8 Å². The van der Waals surface area contributed by atoms with Crippen molar-refractivity contribution in [2.45, 2.75) is 50.9 Å². The Bertz CT molecular complexity index is 1650. The Morgan fingerprint density at radius 3 is 2.52 bits per heavy atom. The topological polar surface area (TPSA) is 164 Å². The van der Waals surface area contributed by atoms with Crippen LogP contribution in [0.15, 0.2) is 53.4 Å². The molecule has 0 spiro atoms. The van der Waals surface area contributed by atoms with Gasteiger partial charge in [-0.15, -0.1) is 11.3 Å². The van der Waals surface area contributed by atoms with Crippen LogP contribution in [0.5, 0.6) is 0 Å². The van der Waals surface area contributed by atoms with Crippen molar-refractivity contribution in [2.24, 2.45) is 0 Å². The van der Waals surface area contributed by atoms with Gasteiger partial charge in [0.2, 0.25) is 0 Å². The van der Waals surface area contributed by atoms with E-state index in [0.717, 1.165) is 66.3 Å². The van der Waals surface area contributed by atoms with E-state index in [9.17, 15) is 29.0 Å². The number of hydrogen-bond acceptors (Lipinski definition) is 11. The molecule has 2 aliphatic rings. The zero-order valence-corrected chi connectivity index (χ0v) is 26.3. The molecule has 3 aromatic rings. The molecule has 236 valence electrons. The van der Waals surface area contributed by atoms with E-state index in [-0.39, 0.29) is 5.57 Å². The van der Waals surface area contributed by atoms with E-state index in [1.54, 1.807) is 19.1 Å². The summed E-state index contributed by atoms with van der Waals surface area (Å²) in [6, 6.07) is 16.2. The summed E-state index contributed by atoms with van der Waals surface area (Å²) in [5.41, 5.74) is 2.23. The summed E-state index contributed by atoms with van der Waals surface area (Å²) in [7, 11) is -4.48. The molecule has 2 fully saturated rings. The molecule has 5 atom stereocenters. The average Bonchev–Trinajstić information content (AvgIpc) is 3.52. The van der Waals surface area contributed by atoms with Crippen LogP contribution < -0.4 is 10.0 Å². The molecule has 0 aliphatic carbocycles. The number of benzene rings is 2. The van der Waals surface area contributed by atoms with Gasteiger partial charge in [0, 0.05) is 41.6 Å². The number of morpholine rings is 1. The third-order valence-corrected chi connectivity index (χ3v) is 10.9. The number of nitrogens with zero attached hydrogens (tertiary/aromatic N) is 2. The Kier molecular flexibility index (Phi) is 10.4. The van der Waals surface area contributed by atoms with Crippen LogP contribution in [0.3, 0.4) is 0 Å². The molecule has 1 unspecified atom stereocenters. The van der Waals surface area contributed by atoms with Gasteiger partial charge in [0.15, 0.2) is 11.2 Å². The van der Waals surface area contributed by atoms with E-state index in [4.69, 9.17) is 9.47 Å². The molecule has 1 aromatic heterocycles. The number of fused-ring (bicyclic) bond motifs is 1. The Balaban J connectivity index is 1.30. The van der Waals surface area contributed by atoms with Gasteiger partial charge in [-0.1, -0.05) is 25.1 Å². The molecule has 2 aliphatic heterocycles. The number of aliphatic hydroxyl groups is 3. The minimum absolute atomic E-state index is 0.220. The third-order valence-electron chi connectivity index (χ3n) is 8.09. The second-order valence-corrected chi connectivity index (χ2v) is 13.7. The fourth-order valence-corrected chi connectivity index (χ4v) is 7.93. The van der Waals surface area contributed by atoms with Crippen LogP contribution in [-0.2, 0) is 19.5 Å². The summed E-state index contributed by atoms with van der Waals surface area (Å²) >= 11 is 1.35. The zero-order chi connectivity index (χ0) is 31.4. The van der Waals surface area contributed by atoms with E-state index >= 15 is 0 Å². The van der Waals surface area contributed by atoms with Gasteiger partial charge in [-0.2, -0.15) is 9.98 Å². The Morgan fingerprint density at radius 2 is 1.80 bits per heavy atom. The van der Waals surface area contributed by atoms with Crippen LogP contribution in [0.1, 0.15) is 25.1 Å². The van der Waals surface area contributed by atoms with Crippen LogP contribution in [-0.4, -0.2) is 98.7 Å². The lowest BCUT2D eigenvalue weighted by atomic mass is 9.96. The summed E-state index contributed by atoms with van der Waals surface area (Å²) in [5, 5.41) is 46.5. The second-order valence-electron chi connectivity index (χ2n) is 11.0. The molecule has 11 nitrogen and oxygen atoms in total. The van der Waals surface area contributed by atoms with Crippen LogP contribution in [0.2, 0.25) is 0 Å². The highest BCUT2D eigenvalue weighted by Crippen LogP contribution is 2.36. The van der Waals surface area contributed by atoms with Crippen LogP contribution >= 0.6 is 11.3 Å². The molecular weight excluding hydrogens is 604 g/mol. The maximum absolute atomic E-state index is 13.2. The summed E-state index contributed by atoms with van der Waals surface area (Å²) in [6.45, 7) is 8.53. The Hall–Kier alpha value is -2.90. The van der Waals surface area contributed by atoms with Crippen molar-refractivity contribution in [3.63, 3.8) is 0 Å². The summed E-state index contributed by atoms with van der Waals surface area (Å²) < 4.78 is 39.3. The fourth-order valence-electron chi connectivity index (χ4n) is 5.49. The monoisotopic (exact) mass is 642 g/mol. The minimum Gasteiger partial charge on any atom is -0.388 e. The van der Waals surface area contributed by atoms with Gasteiger partial charge in [0.1, 0.15) is 24.3 Å². The molecule has 3 heterocycles. The molecule has 5 rings (SSSR count). The van der Waals surface area contributed by atoms with Crippen molar-refractivity contribution < 1.29 is 33.2 Å². The standard InChI is InChI=1S/C31H38N4O7S2/c1-3-24-29(36)30(37)28(31(38)42-24)34-44(39,40)27(18-32)19(2)25-8-9-26(43-25)22-5-4-21-17-23(7-6-20(21)16-22)33-10-11-35-12-14-41-15-13-35/h4-9,16-17,24,28-31,33-34,36-38H,3,10-15H2,1-2H3/b27-19+/t24-,28-,29-,30-,31?/m1/s1. The van der Waals surface area contributed by atoms with E-state index in [0.29, 0.717) is 11.3 Å². The number of sulfonamides is 1. The molecule has 13 heteroatoms. The molecule has 2 saturated heterocycles. The predicted molar refractivity (Wildman–Crippen MR) is 170 cm³/mol. The first-order valence-electron chi connectivity index (χ1n) is 14.6. The minimum atomic E-state index is -4.48.